The number of amides is 1. The zero-order valence-electron chi connectivity index (χ0n) is 21.3. The minimum Gasteiger partial charge on any atom is -0.488 e. The van der Waals surface area contributed by atoms with Crippen molar-refractivity contribution in [3.8, 4) is 5.75 Å². The van der Waals surface area contributed by atoms with Crippen molar-refractivity contribution >= 4 is 18.0 Å². The van der Waals surface area contributed by atoms with Crippen LogP contribution in [0, 0.1) is 0 Å². The van der Waals surface area contributed by atoms with Crippen molar-refractivity contribution in [1.29, 1.82) is 0 Å². The van der Waals surface area contributed by atoms with E-state index in [4.69, 9.17) is 18.9 Å². The van der Waals surface area contributed by atoms with Crippen LogP contribution < -0.4 is 10.1 Å². The van der Waals surface area contributed by atoms with Gasteiger partial charge in [0.2, 0.25) is 5.69 Å². The molecule has 1 unspecified atom stereocenters. The highest BCUT2D eigenvalue weighted by atomic mass is 16.6. The summed E-state index contributed by atoms with van der Waals surface area (Å²) < 4.78 is 22.4. The first-order valence-corrected chi connectivity index (χ1v) is 11.5. The average Bonchev–Trinajstić information content (AvgIpc) is 3.19. The molecule has 1 aromatic carbocycles. The number of esters is 2. The van der Waals surface area contributed by atoms with Crippen LogP contribution in [0.5, 0.6) is 5.75 Å². The summed E-state index contributed by atoms with van der Waals surface area (Å²) in [5.74, 6) is -1.49. The Bertz CT molecular complexity index is 996. The minimum absolute atomic E-state index is 0.00696. The monoisotopic (exact) mass is 489 g/mol. The van der Waals surface area contributed by atoms with Crippen molar-refractivity contribution in [2.75, 3.05) is 27.4 Å². The fourth-order valence-corrected chi connectivity index (χ4v) is 3.30. The molecule has 0 saturated carbocycles. The Hall–Kier alpha value is -3.56. The van der Waals surface area contributed by atoms with E-state index in [9.17, 15) is 14.4 Å². The first kappa shape index (κ1) is 27.7. The average molecular weight is 490 g/mol. The number of nitrogens with one attached hydrogen (secondary N) is 1. The van der Waals surface area contributed by atoms with Crippen LogP contribution in [0.15, 0.2) is 30.3 Å². The Kier molecular flexibility index (Phi) is 10.1. The summed E-state index contributed by atoms with van der Waals surface area (Å²) in [5.41, 5.74) is 0.0818. The number of nitrogens with zero attached hydrogens (tertiary/aromatic N) is 2. The molecule has 1 amide bonds. The highest BCUT2D eigenvalue weighted by molar-refractivity contribution is 5.98. The van der Waals surface area contributed by atoms with Crippen LogP contribution in [0.3, 0.4) is 0 Å². The molecule has 0 radical (unpaired) electrons. The predicted molar refractivity (Wildman–Crippen MR) is 129 cm³/mol. The van der Waals surface area contributed by atoms with Crippen LogP contribution in [-0.2, 0) is 20.6 Å². The second-order valence-corrected chi connectivity index (χ2v) is 8.88. The van der Waals surface area contributed by atoms with Gasteiger partial charge in [0.1, 0.15) is 5.60 Å². The molecular weight excluding hydrogens is 454 g/mol. The summed E-state index contributed by atoms with van der Waals surface area (Å²) in [6.07, 6.45) is 1.33. The van der Waals surface area contributed by atoms with E-state index in [-0.39, 0.29) is 30.3 Å². The smallest absolute Gasteiger partial charge is 0.407 e. The second kappa shape index (κ2) is 12.8. The molecule has 0 aliphatic heterocycles. The Balaban J connectivity index is 2.54. The molecule has 0 fully saturated rings. The Labute approximate surface area is 205 Å². The van der Waals surface area contributed by atoms with E-state index in [1.165, 1.54) is 18.9 Å². The summed E-state index contributed by atoms with van der Waals surface area (Å²) >= 11 is 0. The van der Waals surface area contributed by atoms with Gasteiger partial charge < -0.3 is 24.3 Å². The van der Waals surface area contributed by atoms with E-state index in [1.807, 2.05) is 37.3 Å². The molecule has 1 N–H and O–H groups in total. The number of aromatic nitrogens is 2. The molecule has 10 heteroatoms. The van der Waals surface area contributed by atoms with Crippen molar-refractivity contribution in [2.45, 2.75) is 58.6 Å². The second-order valence-electron chi connectivity index (χ2n) is 8.88. The molecule has 0 aliphatic carbocycles. The summed E-state index contributed by atoms with van der Waals surface area (Å²) in [6, 6.07) is 8.92. The van der Waals surface area contributed by atoms with Gasteiger partial charge in [0.05, 0.1) is 26.9 Å². The Morgan fingerprint density at radius 2 is 1.71 bits per heavy atom. The Morgan fingerprint density at radius 1 is 1.06 bits per heavy atom. The van der Waals surface area contributed by atoms with Crippen molar-refractivity contribution in [2.24, 2.45) is 0 Å². The van der Waals surface area contributed by atoms with Gasteiger partial charge in [-0.05, 0) is 39.2 Å². The molecule has 1 aromatic heterocycles. The third-order valence-electron chi connectivity index (χ3n) is 4.91. The van der Waals surface area contributed by atoms with Crippen LogP contribution in [-0.4, -0.2) is 60.8 Å². The van der Waals surface area contributed by atoms with E-state index < -0.39 is 29.7 Å². The van der Waals surface area contributed by atoms with Gasteiger partial charge in [-0.25, -0.2) is 19.1 Å². The maximum absolute atomic E-state index is 12.9. The van der Waals surface area contributed by atoms with Crippen LogP contribution in [0.25, 0.3) is 0 Å². The Morgan fingerprint density at radius 3 is 2.29 bits per heavy atom. The third-order valence-corrected chi connectivity index (χ3v) is 4.91. The SMILES string of the molecule is CCCCOc1c(C(=O)OC)nn(C(CNC(=O)OC(C)(C)C)Cc2ccccc2)c1C(=O)OC. The molecule has 0 saturated heterocycles. The molecule has 10 nitrogen and oxygen atoms in total. The van der Waals surface area contributed by atoms with Gasteiger partial charge in [0.25, 0.3) is 0 Å². The third kappa shape index (κ3) is 8.01. The maximum atomic E-state index is 12.9. The van der Waals surface area contributed by atoms with Crippen molar-refractivity contribution in [3.63, 3.8) is 0 Å². The lowest BCUT2D eigenvalue weighted by molar-refractivity contribution is 0.0515. The normalized spacial score (nSPS) is 11.9. The number of methoxy groups -OCH3 is 2. The highest BCUT2D eigenvalue weighted by Gasteiger charge is 2.33. The van der Waals surface area contributed by atoms with Crippen LogP contribution >= 0.6 is 0 Å². The predicted octanol–water partition coefficient (Wildman–Crippen LogP) is 3.94. The first-order valence-electron chi connectivity index (χ1n) is 11.5. The number of ether oxygens (including phenoxy) is 4. The summed E-state index contributed by atoms with van der Waals surface area (Å²) in [4.78, 5) is 37.8. The lowest BCUT2D eigenvalue weighted by Crippen LogP contribution is -2.37. The zero-order chi connectivity index (χ0) is 26.0. The van der Waals surface area contributed by atoms with Gasteiger partial charge in [-0.15, -0.1) is 0 Å². The number of rotatable bonds is 11. The van der Waals surface area contributed by atoms with Crippen LogP contribution in [0.2, 0.25) is 0 Å². The van der Waals surface area contributed by atoms with E-state index >= 15 is 0 Å². The molecule has 0 aliphatic rings. The van der Waals surface area contributed by atoms with Gasteiger partial charge in [-0.1, -0.05) is 43.7 Å². The summed E-state index contributed by atoms with van der Waals surface area (Å²) in [5, 5.41) is 7.14. The van der Waals surface area contributed by atoms with Gasteiger partial charge in [-0.2, -0.15) is 5.10 Å². The number of alkyl carbamates (subject to hydrolysis) is 1. The number of carbonyl (C=O) groups excluding carboxylic acids is 3. The van der Waals surface area contributed by atoms with E-state index in [0.717, 1.165) is 12.0 Å². The standard InChI is InChI=1S/C25H35N3O7/c1-7-8-14-34-21-19(22(29)32-5)27-28(20(21)23(30)33-6)18(15-17-12-10-9-11-13-17)16-26-24(31)35-25(2,3)4/h9-13,18H,7-8,14-16H2,1-6H3,(H,26,31). The van der Waals surface area contributed by atoms with Crippen LogP contribution in [0.1, 0.15) is 73.1 Å². The fourth-order valence-electron chi connectivity index (χ4n) is 3.30. The summed E-state index contributed by atoms with van der Waals surface area (Å²) in [6.45, 7) is 7.62. The number of carbonyl (C=O) groups is 3. The number of unbranched alkanes of at least 4 members (excludes halogenated alkanes) is 1. The number of hydrogen-bond donors (Lipinski definition) is 1. The fraction of sp³-hybridized carbons (Fsp3) is 0.520. The van der Waals surface area contributed by atoms with E-state index in [0.29, 0.717) is 12.8 Å². The van der Waals surface area contributed by atoms with Crippen molar-refractivity contribution in [3.05, 3.63) is 47.3 Å². The van der Waals surface area contributed by atoms with Gasteiger partial charge in [0.15, 0.2) is 11.4 Å². The van der Waals surface area contributed by atoms with Gasteiger partial charge in [0, 0.05) is 6.54 Å². The maximum Gasteiger partial charge on any atom is 0.407 e. The van der Waals surface area contributed by atoms with Crippen LogP contribution in [0.4, 0.5) is 4.79 Å². The number of benzene rings is 1. The van der Waals surface area contributed by atoms with Gasteiger partial charge in [-0.3, -0.25) is 0 Å². The largest absolute Gasteiger partial charge is 0.488 e. The van der Waals surface area contributed by atoms with Gasteiger partial charge >= 0.3 is 18.0 Å². The molecule has 2 rings (SSSR count). The molecular formula is C25H35N3O7. The molecule has 1 atom stereocenters. The first-order chi connectivity index (χ1) is 16.6. The summed E-state index contributed by atoms with van der Waals surface area (Å²) in [7, 11) is 2.46. The van der Waals surface area contributed by atoms with Crippen molar-refractivity contribution < 1.29 is 33.3 Å². The van der Waals surface area contributed by atoms with E-state index in [1.54, 1.807) is 20.8 Å². The molecule has 2 aromatic rings. The lowest BCUT2D eigenvalue weighted by Gasteiger charge is -2.23. The molecule has 0 bridgehead atoms. The highest BCUT2D eigenvalue weighted by Crippen LogP contribution is 2.30. The molecule has 1 heterocycles. The quantitative estimate of drug-likeness (QED) is 0.286. The topological polar surface area (TPSA) is 118 Å². The minimum atomic E-state index is -0.751. The zero-order valence-corrected chi connectivity index (χ0v) is 21.3. The number of hydrogen-bond acceptors (Lipinski definition) is 8. The van der Waals surface area contributed by atoms with E-state index in [2.05, 4.69) is 10.4 Å². The molecule has 192 valence electrons. The molecule has 0 spiro atoms. The van der Waals surface area contributed by atoms with Crippen molar-refractivity contribution in [1.82, 2.24) is 15.1 Å². The molecule has 35 heavy (non-hydrogen) atoms. The lowest BCUT2D eigenvalue weighted by atomic mass is 10.1.